The highest BCUT2D eigenvalue weighted by atomic mass is 16.7. The van der Waals surface area contributed by atoms with Crippen molar-refractivity contribution in [2.24, 2.45) is 0 Å². The average molecular weight is 281 g/mol. The fourth-order valence-corrected chi connectivity index (χ4v) is 3.06. The minimum Gasteiger partial charge on any atom is -0.297 e. The molecule has 1 aliphatic heterocycles. The Morgan fingerprint density at radius 1 is 1.15 bits per heavy atom. The van der Waals surface area contributed by atoms with E-state index in [4.69, 9.17) is 4.84 Å². The Morgan fingerprint density at radius 3 is 2.20 bits per heavy atom. The van der Waals surface area contributed by atoms with Crippen molar-refractivity contribution in [2.75, 3.05) is 6.61 Å². The van der Waals surface area contributed by atoms with E-state index >= 15 is 0 Å². The lowest BCUT2D eigenvalue weighted by atomic mass is 9.82. The number of hydrogen-bond donors (Lipinski definition) is 0. The molecule has 1 fully saturated rings. The van der Waals surface area contributed by atoms with E-state index in [-0.39, 0.29) is 23.5 Å². The molecule has 20 heavy (non-hydrogen) atoms. The Morgan fingerprint density at radius 2 is 1.70 bits per heavy atom. The van der Waals surface area contributed by atoms with Gasteiger partial charge in [0.25, 0.3) is 0 Å². The van der Waals surface area contributed by atoms with E-state index in [1.807, 2.05) is 0 Å². The first-order valence-electron chi connectivity index (χ1n) is 7.73. The number of hydrogen-bond acceptors (Lipinski definition) is 3. The SMILES string of the molecule is CC(C)=CCCC(=O)CON1C(C)(C)CCCC1(C)C. The molecule has 3 heteroatoms. The summed E-state index contributed by atoms with van der Waals surface area (Å²) < 4.78 is 0. The molecule has 116 valence electrons. The zero-order chi connectivity index (χ0) is 15.4. The molecule has 1 heterocycles. The lowest BCUT2D eigenvalue weighted by Gasteiger charge is -2.51. The van der Waals surface area contributed by atoms with E-state index in [1.165, 1.54) is 12.0 Å². The second-order valence-corrected chi connectivity index (χ2v) is 7.41. The zero-order valence-corrected chi connectivity index (χ0v) is 14.1. The maximum atomic E-state index is 11.9. The largest absolute Gasteiger partial charge is 0.297 e. The van der Waals surface area contributed by atoms with E-state index in [2.05, 4.69) is 52.7 Å². The van der Waals surface area contributed by atoms with Gasteiger partial charge in [0.2, 0.25) is 0 Å². The molecule has 0 saturated carbocycles. The summed E-state index contributed by atoms with van der Waals surface area (Å²) in [6.45, 7) is 13.1. The van der Waals surface area contributed by atoms with Gasteiger partial charge in [-0.15, -0.1) is 0 Å². The number of piperidine rings is 1. The molecule has 3 nitrogen and oxygen atoms in total. The molecular weight excluding hydrogens is 250 g/mol. The van der Waals surface area contributed by atoms with Crippen LogP contribution in [0.3, 0.4) is 0 Å². The van der Waals surface area contributed by atoms with E-state index in [9.17, 15) is 4.79 Å². The fourth-order valence-electron chi connectivity index (χ4n) is 3.06. The summed E-state index contributed by atoms with van der Waals surface area (Å²) in [4.78, 5) is 17.8. The molecule has 0 aromatic carbocycles. The quantitative estimate of drug-likeness (QED) is 0.681. The number of nitrogens with zero attached hydrogens (tertiary/aromatic N) is 1. The molecule has 1 aliphatic rings. The minimum atomic E-state index is 0.00192. The molecule has 1 rings (SSSR count). The molecule has 0 bridgehead atoms. The molecule has 0 aromatic rings. The molecule has 0 aromatic heterocycles. The average Bonchev–Trinajstić information content (AvgIpc) is 2.25. The third-order valence-electron chi connectivity index (χ3n) is 4.01. The minimum absolute atomic E-state index is 0.00192. The van der Waals surface area contributed by atoms with Crippen LogP contribution in [-0.4, -0.2) is 28.5 Å². The van der Waals surface area contributed by atoms with Crippen LogP contribution < -0.4 is 0 Å². The number of carbonyl (C=O) groups is 1. The molecular formula is C17H31NO2. The Hall–Kier alpha value is -0.670. The van der Waals surface area contributed by atoms with Crippen LogP contribution in [0.4, 0.5) is 0 Å². The van der Waals surface area contributed by atoms with Gasteiger partial charge in [0.05, 0.1) is 0 Å². The Balaban J connectivity index is 2.49. The first-order chi connectivity index (χ1) is 9.15. The Kier molecular flexibility index (Phi) is 5.96. The Bertz CT molecular complexity index is 349. The topological polar surface area (TPSA) is 29.5 Å². The van der Waals surface area contributed by atoms with Crippen LogP contribution in [0.1, 0.15) is 73.6 Å². The van der Waals surface area contributed by atoms with Crippen LogP contribution in [0.2, 0.25) is 0 Å². The first-order valence-corrected chi connectivity index (χ1v) is 7.73. The van der Waals surface area contributed by atoms with Gasteiger partial charge in [-0.2, -0.15) is 5.06 Å². The second-order valence-electron chi connectivity index (χ2n) is 7.41. The highest BCUT2D eigenvalue weighted by Gasteiger charge is 2.42. The monoisotopic (exact) mass is 281 g/mol. The molecule has 0 unspecified atom stereocenters. The van der Waals surface area contributed by atoms with Crippen LogP contribution >= 0.6 is 0 Å². The van der Waals surface area contributed by atoms with Gasteiger partial charge in [0.15, 0.2) is 5.78 Å². The number of rotatable bonds is 6. The zero-order valence-electron chi connectivity index (χ0n) is 14.1. The van der Waals surface area contributed by atoms with Gasteiger partial charge in [-0.05, 0) is 67.2 Å². The van der Waals surface area contributed by atoms with Crippen LogP contribution in [0.15, 0.2) is 11.6 Å². The lowest BCUT2D eigenvalue weighted by Crippen LogP contribution is -2.58. The fraction of sp³-hybridized carbons (Fsp3) is 0.824. The van der Waals surface area contributed by atoms with Gasteiger partial charge in [0, 0.05) is 17.5 Å². The van der Waals surface area contributed by atoms with Gasteiger partial charge in [-0.1, -0.05) is 11.6 Å². The van der Waals surface area contributed by atoms with Crippen LogP contribution in [0, 0.1) is 0 Å². The number of carbonyl (C=O) groups excluding carboxylic acids is 1. The van der Waals surface area contributed by atoms with Gasteiger partial charge < -0.3 is 0 Å². The van der Waals surface area contributed by atoms with E-state index in [0.717, 1.165) is 19.3 Å². The van der Waals surface area contributed by atoms with Crippen molar-refractivity contribution in [1.29, 1.82) is 0 Å². The predicted molar refractivity (Wildman–Crippen MR) is 83.5 cm³/mol. The van der Waals surface area contributed by atoms with Crippen LogP contribution in [-0.2, 0) is 9.63 Å². The second kappa shape index (κ2) is 6.86. The molecule has 0 spiro atoms. The number of hydroxylamine groups is 2. The van der Waals surface area contributed by atoms with E-state index in [1.54, 1.807) is 0 Å². The summed E-state index contributed by atoms with van der Waals surface area (Å²) in [7, 11) is 0. The lowest BCUT2D eigenvalue weighted by molar-refractivity contribution is -0.276. The predicted octanol–water partition coefficient (Wildman–Crippen LogP) is 4.28. The summed E-state index contributed by atoms with van der Waals surface area (Å²) in [6, 6.07) is 0. The maximum absolute atomic E-state index is 11.9. The number of ketones is 1. The van der Waals surface area contributed by atoms with Gasteiger partial charge >= 0.3 is 0 Å². The van der Waals surface area contributed by atoms with Gasteiger partial charge in [0.1, 0.15) is 6.61 Å². The summed E-state index contributed by atoms with van der Waals surface area (Å²) in [5.74, 6) is 0.180. The molecule has 0 aliphatic carbocycles. The van der Waals surface area contributed by atoms with Crippen molar-refractivity contribution in [3.63, 3.8) is 0 Å². The van der Waals surface area contributed by atoms with Gasteiger partial charge in [-0.3, -0.25) is 9.63 Å². The summed E-state index contributed by atoms with van der Waals surface area (Å²) >= 11 is 0. The van der Waals surface area contributed by atoms with Gasteiger partial charge in [-0.25, -0.2) is 0 Å². The molecule has 0 atom stereocenters. The van der Waals surface area contributed by atoms with Crippen molar-refractivity contribution in [3.8, 4) is 0 Å². The summed E-state index contributed by atoms with van der Waals surface area (Å²) in [5, 5.41) is 2.06. The van der Waals surface area contributed by atoms with Crippen molar-refractivity contribution in [3.05, 3.63) is 11.6 Å². The van der Waals surface area contributed by atoms with E-state index in [0.29, 0.717) is 6.42 Å². The third kappa shape index (κ3) is 5.02. The van der Waals surface area contributed by atoms with Crippen molar-refractivity contribution in [2.45, 2.75) is 84.7 Å². The number of Topliss-reactive ketones (excluding diaryl/α,β-unsaturated/α-hetero) is 1. The van der Waals surface area contributed by atoms with Crippen molar-refractivity contribution >= 4 is 5.78 Å². The normalized spacial score (nSPS) is 21.5. The molecule has 1 saturated heterocycles. The molecule has 0 radical (unpaired) electrons. The Labute approximate surface area is 124 Å². The maximum Gasteiger partial charge on any atom is 0.160 e. The third-order valence-corrected chi connectivity index (χ3v) is 4.01. The summed E-state index contributed by atoms with van der Waals surface area (Å²) in [6.07, 6.45) is 6.93. The van der Waals surface area contributed by atoms with Crippen molar-refractivity contribution in [1.82, 2.24) is 5.06 Å². The van der Waals surface area contributed by atoms with Crippen LogP contribution in [0.25, 0.3) is 0 Å². The molecule has 0 amide bonds. The first kappa shape index (κ1) is 17.4. The highest BCUT2D eigenvalue weighted by Crippen LogP contribution is 2.38. The standard InChI is InChI=1S/C17H31NO2/c1-14(2)9-7-10-15(19)13-20-18-16(3,4)11-8-12-17(18,5)6/h9H,7-8,10-13H2,1-6H3. The molecule has 0 N–H and O–H groups in total. The smallest absolute Gasteiger partial charge is 0.160 e. The highest BCUT2D eigenvalue weighted by molar-refractivity contribution is 5.79. The van der Waals surface area contributed by atoms with E-state index < -0.39 is 0 Å². The summed E-state index contributed by atoms with van der Waals surface area (Å²) in [5.41, 5.74) is 1.26. The van der Waals surface area contributed by atoms with Crippen LogP contribution in [0.5, 0.6) is 0 Å². The van der Waals surface area contributed by atoms with Crippen molar-refractivity contribution < 1.29 is 9.63 Å². The number of allylic oxidation sites excluding steroid dienone is 2.